The summed E-state index contributed by atoms with van der Waals surface area (Å²) >= 11 is 0. The van der Waals surface area contributed by atoms with Gasteiger partial charge in [-0.3, -0.25) is 0 Å². The SMILES string of the molecule is Nc1ccc2c(N3CCN(S(=O)(=O)c4c(F)cccc4F)CC3)ncnc2n1. The van der Waals surface area contributed by atoms with Gasteiger partial charge in [-0.15, -0.1) is 0 Å². The third-order valence-electron chi connectivity index (χ3n) is 4.55. The minimum atomic E-state index is -4.28. The number of aromatic nitrogens is 3. The number of rotatable bonds is 3. The molecule has 0 bridgehead atoms. The summed E-state index contributed by atoms with van der Waals surface area (Å²) in [5, 5.41) is 0.688. The molecule has 3 aromatic rings. The number of piperazine rings is 1. The number of sulfonamides is 1. The van der Waals surface area contributed by atoms with Crippen LogP contribution in [-0.4, -0.2) is 53.9 Å². The van der Waals surface area contributed by atoms with Gasteiger partial charge in [0.1, 0.15) is 29.6 Å². The Morgan fingerprint density at radius 3 is 2.32 bits per heavy atom. The van der Waals surface area contributed by atoms with Gasteiger partial charge >= 0.3 is 0 Å². The molecule has 0 atom stereocenters. The lowest BCUT2D eigenvalue weighted by Gasteiger charge is -2.35. The van der Waals surface area contributed by atoms with Crippen LogP contribution in [0.25, 0.3) is 11.0 Å². The summed E-state index contributed by atoms with van der Waals surface area (Å²) in [6.07, 6.45) is 1.36. The Labute approximate surface area is 159 Å². The Bertz CT molecular complexity index is 1130. The van der Waals surface area contributed by atoms with Crippen LogP contribution < -0.4 is 10.6 Å². The van der Waals surface area contributed by atoms with E-state index >= 15 is 0 Å². The second-order valence-electron chi connectivity index (χ2n) is 6.25. The normalized spacial score (nSPS) is 15.9. The zero-order valence-corrected chi connectivity index (χ0v) is 15.4. The van der Waals surface area contributed by atoms with Gasteiger partial charge in [-0.25, -0.2) is 32.2 Å². The zero-order chi connectivity index (χ0) is 19.9. The average molecular weight is 406 g/mol. The second-order valence-corrected chi connectivity index (χ2v) is 8.12. The first-order valence-corrected chi connectivity index (χ1v) is 9.88. The molecule has 0 unspecified atom stereocenters. The molecule has 2 N–H and O–H groups in total. The summed E-state index contributed by atoms with van der Waals surface area (Å²) in [4.78, 5) is 13.5. The first-order valence-electron chi connectivity index (χ1n) is 8.44. The molecule has 1 saturated heterocycles. The Kier molecular flexibility index (Phi) is 4.55. The van der Waals surface area contributed by atoms with Gasteiger partial charge in [-0.05, 0) is 24.3 Å². The van der Waals surface area contributed by atoms with E-state index in [1.165, 1.54) is 6.33 Å². The first kappa shape index (κ1) is 18.4. The highest BCUT2D eigenvalue weighted by atomic mass is 32.2. The molecule has 3 heterocycles. The van der Waals surface area contributed by atoms with E-state index in [-0.39, 0.29) is 13.1 Å². The first-order chi connectivity index (χ1) is 13.4. The Morgan fingerprint density at radius 2 is 1.64 bits per heavy atom. The second kappa shape index (κ2) is 6.91. The molecule has 4 rings (SSSR count). The molecule has 1 fully saturated rings. The Morgan fingerprint density at radius 1 is 0.964 bits per heavy atom. The van der Waals surface area contributed by atoms with E-state index in [1.54, 1.807) is 12.1 Å². The number of nitrogens with two attached hydrogens (primary N) is 1. The molecule has 1 aliphatic heterocycles. The fraction of sp³-hybridized carbons (Fsp3) is 0.235. The molecule has 2 aromatic heterocycles. The van der Waals surface area contributed by atoms with Crippen LogP contribution in [0.15, 0.2) is 41.6 Å². The van der Waals surface area contributed by atoms with Gasteiger partial charge in [0.2, 0.25) is 10.0 Å². The van der Waals surface area contributed by atoms with Crippen LogP contribution in [-0.2, 0) is 10.0 Å². The van der Waals surface area contributed by atoms with E-state index in [2.05, 4.69) is 15.0 Å². The summed E-state index contributed by atoms with van der Waals surface area (Å²) in [6, 6.07) is 6.38. The van der Waals surface area contributed by atoms with E-state index < -0.39 is 26.6 Å². The Balaban J connectivity index is 1.59. The molecule has 11 heteroatoms. The quantitative estimate of drug-likeness (QED) is 0.701. The number of anilines is 2. The van der Waals surface area contributed by atoms with Crippen LogP contribution in [0.2, 0.25) is 0 Å². The highest BCUT2D eigenvalue weighted by Crippen LogP contribution is 2.27. The monoisotopic (exact) mass is 406 g/mol. The predicted octanol–water partition coefficient (Wildman–Crippen LogP) is 1.40. The van der Waals surface area contributed by atoms with Crippen molar-refractivity contribution in [1.82, 2.24) is 19.3 Å². The smallest absolute Gasteiger partial charge is 0.249 e. The highest BCUT2D eigenvalue weighted by molar-refractivity contribution is 7.89. The van der Waals surface area contributed by atoms with Gasteiger partial charge in [0.05, 0.1) is 5.39 Å². The van der Waals surface area contributed by atoms with Crippen molar-refractivity contribution in [3.63, 3.8) is 0 Å². The lowest BCUT2D eigenvalue weighted by Crippen LogP contribution is -2.49. The van der Waals surface area contributed by atoms with Crippen LogP contribution in [0.5, 0.6) is 0 Å². The molecule has 28 heavy (non-hydrogen) atoms. The standard InChI is InChI=1S/C17H16F2N6O2S/c18-12-2-1-3-13(19)15(12)28(26,27)25-8-6-24(7-9-25)17-11-4-5-14(20)23-16(11)21-10-22-17/h1-5,10H,6-9H2,(H2,20,21,22,23). The summed E-state index contributed by atoms with van der Waals surface area (Å²) < 4.78 is 54.4. The van der Waals surface area contributed by atoms with Crippen molar-refractivity contribution in [2.24, 2.45) is 0 Å². The predicted molar refractivity (Wildman–Crippen MR) is 99.1 cm³/mol. The van der Waals surface area contributed by atoms with Crippen molar-refractivity contribution in [3.8, 4) is 0 Å². The molecule has 146 valence electrons. The highest BCUT2D eigenvalue weighted by Gasteiger charge is 2.33. The number of fused-ring (bicyclic) bond motifs is 1. The molecule has 1 aromatic carbocycles. The van der Waals surface area contributed by atoms with Crippen LogP contribution in [0, 0.1) is 11.6 Å². The number of pyridine rings is 1. The fourth-order valence-electron chi connectivity index (χ4n) is 3.19. The van der Waals surface area contributed by atoms with E-state index in [9.17, 15) is 17.2 Å². The molecule has 1 aliphatic rings. The lowest BCUT2D eigenvalue weighted by atomic mass is 10.2. The van der Waals surface area contributed by atoms with Crippen molar-refractivity contribution in [2.75, 3.05) is 36.8 Å². The van der Waals surface area contributed by atoms with Gasteiger partial charge in [-0.2, -0.15) is 4.31 Å². The molecular weight excluding hydrogens is 390 g/mol. The molecular formula is C17H16F2N6O2S. The largest absolute Gasteiger partial charge is 0.384 e. The van der Waals surface area contributed by atoms with Crippen molar-refractivity contribution >= 4 is 32.7 Å². The van der Waals surface area contributed by atoms with Crippen molar-refractivity contribution in [1.29, 1.82) is 0 Å². The van der Waals surface area contributed by atoms with E-state index in [4.69, 9.17) is 5.73 Å². The van der Waals surface area contributed by atoms with Crippen LogP contribution in [0.1, 0.15) is 0 Å². The number of nitrogen functional groups attached to an aromatic ring is 1. The number of nitrogens with zero attached hydrogens (tertiary/aromatic N) is 5. The maximum atomic E-state index is 14.0. The van der Waals surface area contributed by atoms with E-state index in [0.717, 1.165) is 22.5 Å². The number of benzene rings is 1. The molecule has 0 aliphatic carbocycles. The van der Waals surface area contributed by atoms with Crippen LogP contribution >= 0.6 is 0 Å². The van der Waals surface area contributed by atoms with Crippen LogP contribution in [0.4, 0.5) is 20.4 Å². The molecule has 0 radical (unpaired) electrons. The summed E-state index contributed by atoms with van der Waals surface area (Å²) in [5.41, 5.74) is 6.12. The summed E-state index contributed by atoms with van der Waals surface area (Å²) in [6.45, 7) is 0.714. The fourth-order valence-corrected chi connectivity index (χ4v) is 4.73. The molecule has 0 spiro atoms. The van der Waals surface area contributed by atoms with Gasteiger partial charge < -0.3 is 10.6 Å². The van der Waals surface area contributed by atoms with Crippen molar-refractivity contribution in [2.45, 2.75) is 4.90 Å². The van der Waals surface area contributed by atoms with E-state index in [1.807, 2.05) is 4.90 Å². The molecule has 8 nitrogen and oxygen atoms in total. The van der Waals surface area contributed by atoms with Crippen molar-refractivity contribution < 1.29 is 17.2 Å². The number of halogens is 2. The lowest BCUT2D eigenvalue weighted by molar-refractivity contribution is 0.378. The molecule has 0 amide bonds. The van der Waals surface area contributed by atoms with Gasteiger partial charge in [0.15, 0.2) is 10.5 Å². The van der Waals surface area contributed by atoms with E-state index in [0.29, 0.717) is 35.8 Å². The average Bonchev–Trinajstić information content (AvgIpc) is 2.67. The van der Waals surface area contributed by atoms with Crippen molar-refractivity contribution in [3.05, 3.63) is 48.3 Å². The summed E-state index contributed by atoms with van der Waals surface area (Å²) in [7, 11) is -4.28. The maximum absolute atomic E-state index is 14.0. The zero-order valence-electron chi connectivity index (χ0n) is 14.6. The molecule has 0 saturated carbocycles. The topological polar surface area (TPSA) is 105 Å². The Hall–Kier alpha value is -2.92. The number of hydrogen-bond acceptors (Lipinski definition) is 7. The third-order valence-corrected chi connectivity index (χ3v) is 6.50. The minimum Gasteiger partial charge on any atom is -0.384 e. The number of hydrogen-bond donors (Lipinski definition) is 1. The van der Waals surface area contributed by atoms with Gasteiger partial charge in [0, 0.05) is 26.2 Å². The third kappa shape index (κ3) is 3.12. The maximum Gasteiger partial charge on any atom is 0.249 e. The minimum absolute atomic E-state index is 0.0595. The van der Waals surface area contributed by atoms with Gasteiger partial charge in [0.25, 0.3) is 0 Å². The van der Waals surface area contributed by atoms with Gasteiger partial charge in [-0.1, -0.05) is 6.07 Å². The summed E-state index contributed by atoms with van der Waals surface area (Å²) in [5.74, 6) is -1.27. The van der Waals surface area contributed by atoms with Crippen LogP contribution in [0.3, 0.4) is 0 Å².